The summed E-state index contributed by atoms with van der Waals surface area (Å²) in [4.78, 5) is 0.117. The minimum atomic E-state index is -3.55. The first-order chi connectivity index (χ1) is 8.40. The van der Waals surface area contributed by atoms with Crippen LogP contribution in [0, 0.1) is 5.92 Å². The topological polar surface area (TPSA) is 64.6 Å². The molecule has 1 aromatic carbocycles. The lowest BCUT2D eigenvalue weighted by Gasteiger charge is -2.12. The predicted molar refractivity (Wildman–Crippen MR) is 69.6 cm³/mol. The first-order valence-electron chi connectivity index (χ1n) is 5.62. The summed E-state index contributed by atoms with van der Waals surface area (Å²) in [5.74, 6) is 1.06. The van der Waals surface area contributed by atoms with E-state index < -0.39 is 10.0 Å². The fourth-order valence-electron chi connectivity index (χ4n) is 1.35. The van der Waals surface area contributed by atoms with Crippen molar-refractivity contribution in [2.24, 2.45) is 5.92 Å². The maximum absolute atomic E-state index is 12.1. The Morgan fingerprint density at radius 3 is 2.39 bits per heavy atom. The average molecular weight is 273 g/mol. The third-order valence-corrected chi connectivity index (χ3v) is 3.80. The van der Waals surface area contributed by atoms with Crippen LogP contribution in [0.2, 0.25) is 0 Å². The van der Waals surface area contributed by atoms with E-state index in [1.807, 2.05) is 13.8 Å². The highest BCUT2D eigenvalue weighted by atomic mass is 32.2. The minimum absolute atomic E-state index is 0.117. The highest BCUT2D eigenvalue weighted by Gasteiger charge is 2.19. The van der Waals surface area contributed by atoms with Gasteiger partial charge >= 0.3 is 0 Å². The van der Waals surface area contributed by atoms with Gasteiger partial charge in [-0.25, -0.2) is 13.1 Å². The molecule has 0 saturated heterocycles. The fourth-order valence-corrected chi connectivity index (χ4v) is 2.71. The van der Waals surface area contributed by atoms with Crippen molar-refractivity contribution < 1.29 is 17.9 Å². The molecule has 0 aliphatic carbocycles. The Hall–Kier alpha value is -1.27. The van der Waals surface area contributed by atoms with Crippen molar-refractivity contribution in [3.63, 3.8) is 0 Å². The number of hydrogen-bond acceptors (Lipinski definition) is 4. The zero-order chi connectivity index (χ0) is 13.8. The Balaban J connectivity index is 3.08. The number of sulfonamides is 1. The van der Waals surface area contributed by atoms with Crippen molar-refractivity contribution in [2.75, 3.05) is 20.8 Å². The van der Waals surface area contributed by atoms with E-state index in [0.717, 1.165) is 0 Å². The van der Waals surface area contributed by atoms with Crippen molar-refractivity contribution in [1.82, 2.24) is 4.72 Å². The largest absolute Gasteiger partial charge is 0.497 e. The molecule has 0 saturated carbocycles. The highest BCUT2D eigenvalue weighted by molar-refractivity contribution is 7.89. The molecule has 102 valence electrons. The molecule has 0 atom stereocenters. The first kappa shape index (κ1) is 14.8. The Morgan fingerprint density at radius 2 is 1.89 bits per heavy atom. The fraction of sp³-hybridized carbons (Fsp3) is 0.500. The molecule has 0 spiro atoms. The number of methoxy groups -OCH3 is 2. The van der Waals surface area contributed by atoms with Gasteiger partial charge in [-0.3, -0.25) is 0 Å². The van der Waals surface area contributed by atoms with Gasteiger partial charge < -0.3 is 9.47 Å². The SMILES string of the molecule is COc1ccc(S(=O)(=O)NCC(C)C)c(OC)c1. The molecule has 0 bridgehead atoms. The molecule has 1 N–H and O–H groups in total. The molecular weight excluding hydrogens is 254 g/mol. The van der Waals surface area contributed by atoms with E-state index >= 15 is 0 Å². The second-order valence-electron chi connectivity index (χ2n) is 4.26. The van der Waals surface area contributed by atoms with Crippen molar-refractivity contribution in [1.29, 1.82) is 0 Å². The maximum atomic E-state index is 12.1. The molecule has 5 nitrogen and oxygen atoms in total. The van der Waals surface area contributed by atoms with E-state index in [4.69, 9.17) is 9.47 Å². The summed E-state index contributed by atoms with van der Waals surface area (Å²) in [7, 11) is -0.613. The van der Waals surface area contributed by atoms with Crippen LogP contribution in [0.15, 0.2) is 23.1 Å². The minimum Gasteiger partial charge on any atom is -0.497 e. The lowest BCUT2D eigenvalue weighted by atomic mass is 10.2. The van der Waals surface area contributed by atoms with Crippen LogP contribution in [0.1, 0.15) is 13.8 Å². The summed E-state index contributed by atoms with van der Waals surface area (Å²) < 4.78 is 36.8. The van der Waals surface area contributed by atoms with Gasteiger partial charge in [0.2, 0.25) is 10.0 Å². The first-order valence-corrected chi connectivity index (χ1v) is 7.10. The van der Waals surface area contributed by atoms with E-state index in [-0.39, 0.29) is 16.6 Å². The van der Waals surface area contributed by atoms with Gasteiger partial charge in [0.05, 0.1) is 14.2 Å². The molecule has 0 aromatic heterocycles. The Kier molecular flexibility index (Phi) is 4.98. The lowest BCUT2D eigenvalue weighted by Crippen LogP contribution is -2.27. The summed E-state index contributed by atoms with van der Waals surface area (Å²) >= 11 is 0. The molecule has 0 fully saturated rings. The number of ether oxygens (including phenoxy) is 2. The van der Waals surface area contributed by atoms with Crippen molar-refractivity contribution in [3.05, 3.63) is 18.2 Å². The van der Waals surface area contributed by atoms with Crippen LogP contribution < -0.4 is 14.2 Å². The van der Waals surface area contributed by atoms with Crippen LogP contribution in [-0.2, 0) is 10.0 Å². The zero-order valence-corrected chi connectivity index (χ0v) is 11.9. The number of hydrogen-bond donors (Lipinski definition) is 1. The summed E-state index contributed by atoms with van der Waals surface area (Å²) in [6.07, 6.45) is 0. The van der Waals surface area contributed by atoms with Crippen molar-refractivity contribution in [2.45, 2.75) is 18.7 Å². The number of rotatable bonds is 6. The normalized spacial score (nSPS) is 11.6. The highest BCUT2D eigenvalue weighted by Crippen LogP contribution is 2.28. The Labute approximate surface area is 108 Å². The van der Waals surface area contributed by atoms with Crippen molar-refractivity contribution >= 4 is 10.0 Å². The van der Waals surface area contributed by atoms with Crippen LogP contribution in [0.25, 0.3) is 0 Å². The van der Waals surface area contributed by atoms with E-state index in [1.54, 1.807) is 12.1 Å². The van der Waals surface area contributed by atoms with E-state index in [1.165, 1.54) is 20.3 Å². The van der Waals surface area contributed by atoms with Crippen LogP contribution in [0.4, 0.5) is 0 Å². The van der Waals surface area contributed by atoms with Gasteiger partial charge in [-0.2, -0.15) is 0 Å². The predicted octanol–water partition coefficient (Wildman–Crippen LogP) is 1.64. The van der Waals surface area contributed by atoms with Gasteiger partial charge in [0.15, 0.2) is 0 Å². The number of benzene rings is 1. The third kappa shape index (κ3) is 3.61. The molecule has 6 heteroatoms. The lowest BCUT2D eigenvalue weighted by molar-refractivity contribution is 0.386. The molecular formula is C12H19NO4S. The smallest absolute Gasteiger partial charge is 0.244 e. The van der Waals surface area contributed by atoms with Crippen LogP contribution in [0.5, 0.6) is 11.5 Å². The summed E-state index contributed by atoms with van der Waals surface area (Å²) in [5.41, 5.74) is 0. The molecule has 0 aliphatic rings. The van der Waals surface area contributed by atoms with E-state index in [0.29, 0.717) is 12.3 Å². The molecule has 0 unspecified atom stereocenters. The van der Waals surface area contributed by atoms with Crippen molar-refractivity contribution in [3.8, 4) is 11.5 Å². The molecule has 1 aromatic rings. The monoisotopic (exact) mass is 273 g/mol. The van der Waals surface area contributed by atoms with E-state index in [9.17, 15) is 8.42 Å². The second kappa shape index (κ2) is 6.06. The Morgan fingerprint density at radius 1 is 1.22 bits per heavy atom. The van der Waals surface area contributed by atoms with Gasteiger partial charge in [-0.1, -0.05) is 13.8 Å². The summed E-state index contributed by atoms with van der Waals surface area (Å²) in [6.45, 7) is 4.26. The summed E-state index contributed by atoms with van der Waals surface area (Å²) in [5, 5.41) is 0. The quantitative estimate of drug-likeness (QED) is 0.855. The summed E-state index contributed by atoms with van der Waals surface area (Å²) in [6, 6.07) is 4.61. The van der Waals surface area contributed by atoms with Gasteiger partial charge in [-0.05, 0) is 18.1 Å². The van der Waals surface area contributed by atoms with Crippen LogP contribution in [-0.4, -0.2) is 29.2 Å². The molecule has 0 amide bonds. The van der Waals surface area contributed by atoms with Crippen LogP contribution in [0.3, 0.4) is 0 Å². The van der Waals surface area contributed by atoms with Gasteiger partial charge in [-0.15, -0.1) is 0 Å². The van der Waals surface area contributed by atoms with Gasteiger partial charge in [0.1, 0.15) is 16.4 Å². The zero-order valence-electron chi connectivity index (χ0n) is 11.1. The maximum Gasteiger partial charge on any atom is 0.244 e. The van der Waals surface area contributed by atoms with Crippen LogP contribution >= 0.6 is 0 Å². The average Bonchev–Trinajstić information content (AvgIpc) is 2.35. The molecule has 18 heavy (non-hydrogen) atoms. The molecule has 0 heterocycles. The molecule has 1 rings (SSSR count). The number of nitrogens with one attached hydrogen (secondary N) is 1. The van der Waals surface area contributed by atoms with E-state index in [2.05, 4.69) is 4.72 Å². The molecule has 0 radical (unpaired) electrons. The van der Waals surface area contributed by atoms with Gasteiger partial charge in [0.25, 0.3) is 0 Å². The second-order valence-corrected chi connectivity index (χ2v) is 6.00. The standard InChI is InChI=1S/C12H19NO4S/c1-9(2)8-13-18(14,15)12-6-5-10(16-3)7-11(12)17-4/h5-7,9,13H,8H2,1-4H3. The Bertz CT molecular complexity index is 497. The molecule has 0 aliphatic heterocycles. The van der Waals surface area contributed by atoms with Gasteiger partial charge in [0, 0.05) is 12.6 Å². The third-order valence-electron chi connectivity index (χ3n) is 2.34.